The van der Waals surface area contributed by atoms with Crippen LogP contribution in [0.2, 0.25) is 0 Å². The number of hydrogen-bond acceptors (Lipinski definition) is 6. The minimum atomic E-state index is -1.13. The van der Waals surface area contributed by atoms with Crippen LogP contribution < -0.4 is 5.32 Å². The SMILES string of the molecule is CC#Cc1cccc(N[C@H]2CO[C@H](CO)[C@H](O)[C@@H]2O)n1. The van der Waals surface area contributed by atoms with Gasteiger partial charge in [-0.2, -0.15) is 0 Å². The Kier molecular flexibility index (Phi) is 4.93. The van der Waals surface area contributed by atoms with Gasteiger partial charge in [0.2, 0.25) is 0 Å². The summed E-state index contributed by atoms with van der Waals surface area (Å²) >= 11 is 0. The summed E-state index contributed by atoms with van der Waals surface area (Å²) in [5, 5.41) is 31.8. The van der Waals surface area contributed by atoms with Crippen molar-refractivity contribution in [3.05, 3.63) is 23.9 Å². The minimum absolute atomic E-state index is 0.175. The van der Waals surface area contributed by atoms with Crippen LogP contribution in [0.5, 0.6) is 0 Å². The molecule has 20 heavy (non-hydrogen) atoms. The molecule has 0 saturated carbocycles. The van der Waals surface area contributed by atoms with Gasteiger partial charge in [0.25, 0.3) is 0 Å². The van der Waals surface area contributed by atoms with E-state index in [-0.39, 0.29) is 13.2 Å². The maximum atomic E-state index is 10.0. The van der Waals surface area contributed by atoms with Crippen LogP contribution in [-0.2, 0) is 4.74 Å². The van der Waals surface area contributed by atoms with Crippen molar-refractivity contribution in [1.82, 2.24) is 4.98 Å². The van der Waals surface area contributed by atoms with Crippen molar-refractivity contribution in [3.8, 4) is 11.8 Å². The van der Waals surface area contributed by atoms with Gasteiger partial charge >= 0.3 is 0 Å². The van der Waals surface area contributed by atoms with E-state index in [0.29, 0.717) is 11.5 Å². The average Bonchev–Trinajstić information content (AvgIpc) is 2.45. The number of aliphatic hydroxyl groups is 3. The summed E-state index contributed by atoms with van der Waals surface area (Å²) in [5.74, 6) is 6.15. The summed E-state index contributed by atoms with van der Waals surface area (Å²) in [7, 11) is 0. The van der Waals surface area contributed by atoms with Gasteiger partial charge in [-0.3, -0.25) is 0 Å². The number of anilines is 1. The first-order valence-corrected chi connectivity index (χ1v) is 6.40. The van der Waals surface area contributed by atoms with E-state index in [4.69, 9.17) is 9.84 Å². The van der Waals surface area contributed by atoms with E-state index in [1.165, 1.54) is 0 Å². The van der Waals surface area contributed by atoms with Crippen LogP contribution in [-0.4, -0.2) is 57.9 Å². The summed E-state index contributed by atoms with van der Waals surface area (Å²) in [4.78, 5) is 4.27. The summed E-state index contributed by atoms with van der Waals surface area (Å²) in [6, 6.07) is 4.84. The van der Waals surface area contributed by atoms with Crippen LogP contribution >= 0.6 is 0 Å². The molecule has 0 bridgehead atoms. The van der Waals surface area contributed by atoms with Crippen molar-refractivity contribution in [1.29, 1.82) is 0 Å². The molecule has 0 aliphatic carbocycles. The summed E-state index contributed by atoms with van der Waals surface area (Å²) in [6.45, 7) is 1.57. The first kappa shape index (κ1) is 14.8. The molecule has 1 aromatic rings. The largest absolute Gasteiger partial charge is 0.394 e. The van der Waals surface area contributed by atoms with Gasteiger partial charge in [-0.25, -0.2) is 4.98 Å². The maximum Gasteiger partial charge on any atom is 0.127 e. The normalized spacial score (nSPS) is 29.4. The zero-order valence-corrected chi connectivity index (χ0v) is 11.2. The summed E-state index contributed by atoms with van der Waals surface area (Å²) < 4.78 is 5.29. The third kappa shape index (κ3) is 3.26. The van der Waals surface area contributed by atoms with E-state index >= 15 is 0 Å². The number of nitrogens with one attached hydrogen (secondary N) is 1. The summed E-state index contributed by atoms with van der Waals surface area (Å²) in [6.07, 6.45) is -2.93. The number of aliphatic hydroxyl groups excluding tert-OH is 3. The van der Waals surface area contributed by atoms with Crippen molar-refractivity contribution in [2.45, 2.75) is 31.3 Å². The highest BCUT2D eigenvalue weighted by atomic mass is 16.5. The second kappa shape index (κ2) is 6.68. The standard InChI is InChI=1S/C14H18N2O4/c1-2-4-9-5-3-6-12(15-9)16-10-8-20-11(7-17)14(19)13(10)18/h3,5-6,10-11,13-14,17-19H,7-8H2,1H3,(H,15,16)/t10-,11+,13+,14-/m0/s1. The molecule has 6 nitrogen and oxygen atoms in total. The molecule has 108 valence electrons. The number of hydrogen-bond donors (Lipinski definition) is 4. The Bertz CT molecular complexity index is 511. The molecule has 1 aliphatic rings. The molecule has 2 rings (SSSR count). The highest BCUT2D eigenvalue weighted by Gasteiger charge is 2.38. The molecule has 6 heteroatoms. The Morgan fingerprint density at radius 2 is 2.20 bits per heavy atom. The molecule has 0 spiro atoms. The first-order chi connectivity index (χ1) is 9.65. The second-order valence-electron chi connectivity index (χ2n) is 4.57. The summed E-state index contributed by atoms with van der Waals surface area (Å²) in [5.41, 5.74) is 0.623. The van der Waals surface area contributed by atoms with Crippen molar-refractivity contribution in [2.75, 3.05) is 18.5 Å². The molecular weight excluding hydrogens is 260 g/mol. The van der Waals surface area contributed by atoms with Crippen LogP contribution in [0.25, 0.3) is 0 Å². The minimum Gasteiger partial charge on any atom is -0.394 e. The van der Waals surface area contributed by atoms with Gasteiger partial charge in [0.1, 0.15) is 29.8 Å². The van der Waals surface area contributed by atoms with Gasteiger partial charge < -0.3 is 25.4 Å². The number of pyridine rings is 1. The smallest absolute Gasteiger partial charge is 0.127 e. The van der Waals surface area contributed by atoms with Gasteiger partial charge in [0.05, 0.1) is 19.3 Å². The Labute approximate surface area is 117 Å². The number of ether oxygens (including phenoxy) is 1. The lowest BCUT2D eigenvalue weighted by Gasteiger charge is -2.37. The first-order valence-electron chi connectivity index (χ1n) is 6.40. The Balaban J connectivity index is 2.06. The molecule has 1 saturated heterocycles. The lowest BCUT2D eigenvalue weighted by molar-refractivity contribution is -0.152. The second-order valence-corrected chi connectivity index (χ2v) is 4.57. The average molecular weight is 278 g/mol. The quantitative estimate of drug-likeness (QED) is 0.549. The number of nitrogens with zero attached hydrogens (tertiary/aromatic N) is 1. The molecule has 0 unspecified atom stereocenters. The topological polar surface area (TPSA) is 94.8 Å². The van der Waals surface area contributed by atoms with E-state index in [1.807, 2.05) is 0 Å². The fraction of sp³-hybridized carbons (Fsp3) is 0.500. The monoisotopic (exact) mass is 278 g/mol. The lowest BCUT2D eigenvalue weighted by atomic mass is 9.98. The van der Waals surface area contributed by atoms with E-state index in [0.717, 1.165) is 0 Å². The molecule has 1 fully saturated rings. The van der Waals surface area contributed by atoms with Crippen LogP contribution in [0.3, 0.4) is 0 Å². The lowest BCUT2D eigenvalue weighted by Crippen LogP contribution is -2.56. The van der Waals surface area contributed by atoms with Crippen molar-refractivity contribution in [2.24, 2.45) is 0 Å². The fourth-order valence-electron chi connectivity index (χ4n) is 2.07. The molecule has 0 amide bonds. The number of rotatable bonds is 3. The fourth-order valence-corrected chi connectivity index (χ4v) is 2.07. The molecule has 0 aromatic carbocycles. The van der Waals surface area contributed by atoms with Gasteiger partial charge in [-0.15, -0.1) is 0 Å². The van der Waals surface area contributed by atoms with Crippen LogP contribution in [0.1, 0.15) is 12.6 Å². The molecular formula is C14H18N2O4. The van der Waals surface area contributed by atoms with E-state index in [2.05, 4.69) is 22.1 Å². The molecule has 1 aliphatic heterocycles. The maximum absolute atomic E-state index is 10.0. The van der Waals surface area contributed by atoms with E-state index in [1.54, 1.807) is 25.1 Å². The zero-order valence-electron chi connectivity index (χ0n) is 11.2. The Morgan fingerprint density at radius 3 is 2.90 bits per heavy atom. The molecule has 4 atom stereocenters. The van der Waals surface area contributed by atoms with Gasteiger partial charge in [0.15, 0.2) is 0 Å². The van der Waals surface area contributed by atoms with Crippen LogP contribution in [0.4, 0.5) is 5.82 Å². The Morgan fingerprint density at radius 1 is 1.40 bits per heavy atom. The van der Waals surface area contributed by atoms with Crippen molar-refractivity contribution >= 4 is 5.82 Å². The van der Waals surface area contributed by atoms with Crippen LogP contribution in [0.15, 0.2) is 18.2 Å². The molecule has 2 heterocycles. The predicted octanol–water partition coefficient (Wildman–Crippen LogP) is -0.654. The number of aromatic nitrogens is 1. The van der Waals surface area contributed by atoms with E-state index in [9.17, 15) is 10.2 Å². The molecule has 4 N–H and O–H groups in total. The van der Waals surface area contributed by atoms with Crippen LogP contribution in [0, 0.1) is 11.8 Å². The van der Waals surface area contributed by atoms with Crippen molar-refractivity contribution < 1.29 is 20.1 Å². The zero-order chi connectivity index (χ0) is 14.5. The molecule has 1 aromatic heterocycles. The van der Waals surface area contributed by atoms with E-state index < -0.39 is 24.4 Å². The highest BCUT2D eigenvalue weighted by molar-refractivity contribution is 5.41. The Hall–Kier alpha value is -1.65. The highest BCUT2D eigenvalue weighted by Crippen LogP contribution is 2.18. The van der Waals surface area contributed by atoms with Gasteiger partial charge in [-0.05, 0) is 25.0 Å². The third-order valence-electron chi connectivity index (χ3n) is 3.15. The molecule has 0 radical (unpaired) electrons. The van der Waals surface area contributed by atoms with Gasteiger partial charge in [-0.1, -0.05) is 12.0 Å². The van der Waals surface area contributed by atoms with Crippen molar-refractivity contribution in [3.63, 3.8) is 0 Å². The predicted molar refractivity (Wildman–Crippen MR) is 73.0 cm³/mol. The third-order valence-corrected chi connectivity index (χ3v) is 3.15. The van der Waals surface area contributed by atoms with Gasteiger partial charge in [0, 0.05) is 0 Å².